The zero-order chi connectivity index (χ0) is 10.6. The van der Waals surface area contributed by atoms with E-state index in [0.717, 1.165) is 5.75 Å². The fourth-order valence-corrected chi connectivity index (χ4v) is 0.972. The monoisotopic (exact) mass is 214 g/mol. The van der Waals surface area contributed by atoms with E-state index in [1.165, 1.54) is 12.1 Å². The van der Waals surface area contributed by atoms with Crippen LogP contribution >= 0.6 is 12.6 Å². The van der Waals surface area contributed by atoms with E-state index >= 15 is 0 Å². The van der Waals surface area contributed by atoms with Crippen molar-refractivity contribution >= 4 is 12.6 Å². The van der Waals surface area contributed by atoms with Gasteiger partial charge in [0.05, 0.1) is 6.61 Å². The summed E-state index contributed by atoms with van der Waals surface area (Å²) < 4.78 is 18.2. The molecule has 0 aliphatic heterocycles. The van der Waals surface area contributed by atoms with E-state index in [0.29, 0.717) is 12.4 Å². The van der Waals surface area contributed by atoms with Crippen LogP contribution in [0.2, 0.25) is 0 Å². The van der Waals surface area contributed by atoms with Gasteiger partial charge >= 0.3 is 0 Å². The minimum atomic E-state index is -0.272. The molecule has 3 heteroatoms. The van der Waals surface area contributed by atoms with Crippen LogP contribution in [0, 0.1) is 11.2 Å². The van der Waals surface area contributed by atoms with E-state index in [1.807, 2.05) is 0 Å². The summed E-state index contributed by atoms with van der Waals surface area (Å²) in [5.74, 6) is 1.04. The molecule has 1 nitrogen and oxygen atoms in total. The fourth-order valence-electron chi connectivity index (χ4n) is 0.881. The first-order valence-electron chi connectivity index (χ1n) is 4.53. The number of hydrogen-bond acceptors (Lipinski definition) is 2. The molecule has 1 rings (SSSR count). The topological polar surface area (TPSA) is 9.23 Å². The Hall–Kier alpha value is -0.700. The van der Waals surface area contributed by atoms with Gasteiger partial charge in [0.2, 0.25) is 0 Å². The summed E-state index contributed by atoms with van der Waals surface area (Å²) in [4.78, 5) is 0. The maximum Gasteiger partial charge on any atom is 0.126 e. The molecule has 0 aliphatic carbocycles. The van der Waals surface area contributed by atoms with Crippen molar-refractivity contribution in [2.24, 2.45) is 5.41 Å². The first kappa shape index (κ1) is 11.4. The van der Waals surface area contributed by atoms with Crippen molar-refractivity contribution in [3.05, 3.63) is 30.1 Å². The third-order valence-electron chi connectivity index (χ3n) is 1.85. The van der Waals surface area contributed by atoms with E-state index < -0.39 is 0 Å². The molecule has 0 radical (unpaired) electrons. The first-order valence-corrected chi connectivity index (χ1v) is 5.16. The lowest BCUT2D eigenvalue weighted by Crippen LogP contribution is -2.23. The highest BCUT2D eigenvalue weighted by Crippen LogP contribution is 2.20. The van der Waals surface area contributed by atoms with Crippen LogP contribution in [0.1, 0.15) is 13.8 Å². The Morgan fingerprint density at radius 1 is 1.43 bits per heavy atom. The van der Waals surface area contributed by atoms with E-state index in [4.69, 9.17) is 4.74 Å². The zero-order valence-corrected chi connectivity index (χ0v) is 9.35. The third kappa shape index (κ3) is 3.58. The van der Waals surface area contributed by atoms with Crippen molar-refractivity contribution in [2.75, 3.05) is 12.4 Å². The lowest BCUT2D eigenvalue weighted by Gasteiger charge is -2.22. The van der Waals surface area contributed by atoms with Crippen molar-refractivity contribution in [1.29, 1.82) is 0 Å². The van der Waals surface area contributed by atoms with Gasteiger partial charge in [-0.2, -0.15) is 12.6 Å². The van der Waals surface area contributed by atoms with Crippen LogP contribution in [-0.2, 0) is 0 Å². The molecule has 0 bridgehead atoms. The van der Waals surface area contributed by atoms with Crippen LogP contribution in [0.15, 0.2) is 24.3 Å². The molecule has 78 valence electrons. The Morgan fingerprint density at radius 3 is 2.71 bits per heavy atom. The Labute approximate surface area is 89.7 Å². The van der Waals surface area contributed by atoms with E-state index in [-0.39, 0.29) is 11.2 Å². The van der Waals surface area contributed by atoms with Gasteiger partial charge in [0, 0.05) is 11.5 Å². The highest BCUT2D eigenvalue weighted by molar-refractivity contribution is 7.80. The molecule has 0 fully saturated rings. The normalized spacial score (nSPS) is 11.4. The number of benzene rings is 1. The summed E-state index contributed by atoms with van der Waals surface area (Å²) in [7, 11) is 0. The van der Waals surface area contributed by atoms with Crippen LogP contribution in [-0.4, -0.2) is 12.4 Å². The van der Waals surface area contributed by atoms with Gasteiger partial charge in [-0.15, -0.1) is 0 Å². The van der Waals surface area contributed by atoms with Crippen LogP contribution in [0.3, 0.4) is 0 Å². The summed E-state index contributed by atoms with van der Waals surface area (Å²) in [6.45, 7) is 4.65. The SMILES string of the molecule is CC(C)(CS)COc1cccc(F)c1. The Bertz CT molecular complexity index is 299. The highest BCUT2D eigenvalue weighted by Gasteiger charge is 2.16. The van der Waals surface area contributed by atoms with Gasteiger partial charge < -0.3 is 4.74 Å². The molecule has 0 saturated carbocycles. The maximum atomic E-state index is 12.8. The molecule has 0 aliphatic rings. The Balaban J connectivity index is 2.54. The minimum absolute atomic E-state index is 0.00935. The molecule has 1 aromatic carbocycles. The van der Waals surface area contributed by atoms with Gasteiger partial charge in [-0.05, 0) is 17.9 Å². The fraction of sp³-hybridized carbons (Fsp3) is 0.455. The summed E-state index contributed by atoms with van der Waals surface area (Å²) >= 11 is 4.21. The lowest BCUT2D eigenvalue weighted by molar-refractivity contribution is 0.201. The van der Waals surface area contributed by atoms with Gasteiger partial charge in [0.1, 0.15) is 11.6 Å². The lowest BCUT2D eigenvalue weighted by atomic mass is 9.98. The van der Waals surface area contributed by atoms with E-state index in [9.17, 15) is 4.39 Å². The van der Waals surface area contributed by atoms with Crippen molar-refractivity contribution in [3.8, 4) is 5.75 Å². The predicted molar refractivity (Wildman–Crippen MR) is 59.5 cm³/mol. The second-order valence-electron chi connectivity index (χ2n) is 4.07. The molecular weight excluding hydrogens is 199 g/mol. The zero-order valence-electron chi connectivity index (χ0n) is 8.46. The van der Waals surface area contributed by atoms with Crippen molar-refractivity contribution in [3.63, 3.8) is 0 Å². The van der Waals surface area contributed by atoms with Crippen LogP contribution in [0.25, 0.3) is 0 Å². The number of halogens is 1. The molecule has 0 atom stereocenters. The second kappa shape index (κ2) is 4.69. The highest BCUT2D eigenvalue weighted by atomic mass is 32.1. The third-order valence-corrected chi connectivity index (χ3v) is 2.71. The molecule has 0 unspecified atom stereocenters. The Morgan fingerprint density at radius 2 is 2.14 bits per heavy atom. The van der Waals surface area contributed by atoms with Gasteiger partial charge in [-0.1, -0.05) is 19.9 Å². The largest absolute Gasteiger partial charge is 0.493 e. The van der Waals surface area contributed by atoms with Gasteiger partial charge in [0.25, 0.3) is 0 Å². The first-order chi connectivity index (χ1) is 6.53. The molecule has 0 heterocycles. The van der Waals surface area contributed by atoms with Gasteiger partial charge in [-0.25, -0.2) is 4.39 Å². The maximum absolute atomic E-state index is 12.8. The second-order valence-corrected chi connectivity index (χ2v) is 4.38. The van der Waals surface area contributed by atoms with Crippen LogP contribution in [0.5, 0.6) is 5.75 Å². The molecule has 0 aromatic heterocycles. The van der Waals surface area contributed by atoms with Gasteiger partial charge in [0.15, 0.2) is 0 Å². The Kier molecular flexibility index (Phi) is 3.81. The molecule has 1 aromatic rings. The number of rotatable bonds is 4. The minimum Gasteiger partial charge on any atom is -0.493 e. The quantitative estimate of drug-likeness (QED) is 0.757. The molecule has 0 amide bonds. The van der Waals surface area contributed by atoms with Crippen LogP contribution < -0.4 is 4.74 Å². The summed E-state index contributed by atoms with van der Waals surface area (Å²) in [5, 5.41) is 0. The standard InChI is InChI=1S/C11H15FOS/c1-11(2,8-14)7-13-10-5-3-4-9(12)6-10/h3-6,14H,7-8H2,1-2H3. The summed E-state index contributed by atoms with van der Waals surface area (Å²) in [6.07, 6.45) is 0. The molecule has 0 spiro atoms. The van der Waals surface area contributed by atoms with Crippen molar-refractivity contribution < 1.29 is 9.13 Å². The predicted octanol–water partition coefficient (Wildman–Crippen LogP) is 3.16. The molecular formula is C11H15FOS. The summed E-state index contributed by atoms with van der Waals surface area (Å²) in [5.41, 5.74) is 0.00935. The average Bonchev–Trinajstić information content (AvgIpc) is 2.15. The van der Waals surface area contributed by atoms with Crippen LogP contribution in [0.4, 0.5) is 4.39 Å². The number of hydrogen-bond donors (Lipinski definition) is 1. The van der Waals surface area contributed by atoms with E-state index in [2.05, 4.69) is 26.5 Å². The molecule has 0 saturated heterocycles. The van der Waals surface area contributed by atoms with Crippen molar-refractivity contribution in [1.82, 2.24) is 0 Å². The van der Waals surface area contributed by atoms with E-state index in [1.54, 1.807) is 12.1 Å². The van der Waals surface area contributed by atoms with Crippen molar-refractivity contribution in [2.45, 2.75) is 13.8 Å². The molecule has 0 N–H and O–H groups in total. The van der Waals surface area contributed by atoms with Gasteiger partial charge in [-0.3, -0.25) is 0 Å². The number of ether oxygens (including phenoxy) is 1. The number of thiol groups is 1. The smallest absolute Gasteiger partial charge is 0.126 e. The average molecular weight is 214 g/mol. The summed E-state index contributed by atoms with van der Waals surface area (Å²) in [6, 6.07) is 6.17. The molecule has 14 heavy (non-hydrogen) atoms.